The predicted octanol–water partition coefficient (Wildman–Crippen LogP) is 3.94. The molecule has 1 amide bonds. The fraction of sp³-hybridized carbons (Fsp3) is 0.111. The maximum Gasteiger partial charge on any atom is 0.416 e. The van der Waals surface area contributed by atoms with Gasteiger partial charge in [-0.3, -0.25) is 14.8 Å². The summed E-state index contributed by atoms with van der Waals surface area (Å²) in [5, 5.41) is 1.70. The van der Waals surface area contributed by atoms with Gasteiger partial charge in [0.15, 0.2) is 0 Å². The average molecular weight is 465 g/mol. The number of halogens is 8. The van der Waals surface area contributed by atoms with Crippen LogP contribution >= 0.6 is 0 Å². The summed E-state index contributed by atoms with van der Waals surface area (Å²) in [6.07, 6.45) is -7.05. The third-order valence-corrected chi connectivity index (χ3v) is 4.09. The Bertz CT molecular complexity index is 1080. The molecule has 0 fully saturated rings. The third-order valence-electron chi connectivity index (χ3n) is 4.09. The molecule has 1 aromatic heterocycles. The normalized spacial score (nSPS) is 14.9. The highest BCUT2D eigenvalue weighted by atomic mass is 19.4. The fourth-order valence-electron chi connectivity index (χ4n) is 2.64. The lowest BCUT2D eigenvalue weighted by molar-refractivity contribution is -0.143. The number of alkyl halides is 6. The van der Waals surface area contributed by atoms with Crippen molar-refractivity contribution in [1.82, 2.24) is 15.5 Å². The van der Waals surface area contributed by atoms with Gasteiger partial charge >= 0.3 is 12.4 Å². The van der Waals surface area contributed by atoms with E-state index in [0.29, 0.717) is 12.1 Å². The third kappa shape index (κ3) is 4.96. The van der Waals surface area contributed by atoms with Crippen LogP contribution in [0.3, 0.4) is 0 Å². The van der Waals surface area contributed by atoms with Crippen LogP contribution < -0.4 is 16.3 Å². The van der Waals surface area contributed by atoms with Crippen molar-refractivity contribution in [1.29, 1.82) is 0 Å². The molecule has 0 spiro atoms. The van der Waals surface area contributed by atoms with Crippen molar-refractivity contribution in [3.63, 3.8) is 0 Å². The summed E-state index contributed by atoms with van der Waals surface area (Å²) in [5.74, 6) is -3.68. The summed E-state index contributed by atoms with van der Waals surface area (Å²) in [6.45, 7) is 0. The predicted molar refractivity (Wildman–Crippen MR) is 94.4 cm³/mol. The molecular formula is C18H11F8N5O. The smallest absolute Gasteiger partial charge is 0.366 e. The van der Waals surface area contributed by atoms with E-state index in [4.69, 9.17) is 5.73 Å². The molecule has 1 aliphatic rings. The zero-order chi connectivity index (χ0) is 23.8. The highest BCUT2D eigenvalue weighted by Gasteiger charge is 2.37. The van der Waals surface area contributed by atoms with Crippen LogP contribution in [-0.2, 0) is 17.1 Å². The number of pyridine rings is 1. The Morgan fingerprint density at radius 3 is 2.06 bits per heavy atom. The fourth-order valence-corrected chi connectivity index (χ4v) is 2.64. The van der Waals surface area contributed by atoms with Gasteiger partial charge in [0, 0.05) is 24.2 Å². The Morgan fingerprint density at radius 2 is 1.56 bits per heavy atom. The van der Waals surface area contributed by atoms with Gasteiger partial charge in [-0.05, 0) is 30.3 Å². The maximum absolute atomic E-state index is 13.9. The molecule has 0 radical (unpaired) electrons. The van der Waals surface area contributed by atoms with Gasteiger partial charge in [0.1, 0.15) is 0 Å². The van der Waals surface area contributed by atoms with Gasteiger partial charge in [-0.15, -0.1) is 5.53 Å². The number of primary amides is 1. The largest absolute Gasteiger partial charge is 0.416 e. The number of hydrazine groups is 2. The number of carbonyl (C=O) groups is 1. The Hall–Kier alpha value is -3.68. The van der Waals surface area contributed by atoms with E-state index in [1.54, 1.807) is 0 Å². The van der Waals surface area contributed by atoms with Crippen LogP contribution in [0.1, 0.15) is 16.7 Å². The molecule has 2 aromatic rings. The first-order valence-electron chi connectivity index (χ1n) is 8.41. The van der Waals surface area contributed by atoms with E-state index in [9.17, 15) is 39.9 Å². The number of benzene rings is 1. The van der Waals surface area contributed by atoms with Crippen LogP contribution in [0.15, 0.2) is 48.9 Å². The first-order valence-corrected chi connectivity index (χ1v) is 8.41. The van der Waals surface area contributed by atoms with Crippen molar-refractivity contribution >= 4 is 17.2 Å². The summed E-state index contributed by atoms with van der Waals surface area (Å²) in [7, 11) is 0. The Balaban J connectivity index is 1.94. The van der Waals surface area contributed by atoms with Crippen molar-refractivity contribution in [3.05, 3.63) is 77.5 Å². The summed E-state index contributed by atoms with van der Waals surface area (Å²) >= 11 is 0. The Labute approximate surface area is 174 Å². The van der Waals surface area contributed by atoms with Crippen LogP contribution in [0.25, 0.3) is 5.57 Å². The highest BCUT2D eigenvalue weighted by molar-refractivity contribution is 6.18. The number of hydrogen-bond acceptors (Lipinski definition) is 5. The number of aromatic nitrogens is 1. The lowest BCUT2D eigenvalue weighted by Gasteiger charge is -2.23. The second-order valence-corrected chi connectivity index (χ2v) is 6.32. The second-order valence-electron chi connectivity index (χ2n) is 6.32. The minimum Gasteiger partial charge on any atom is -0.366 e. The minimum atomic E-state index is -5.05. The SMILES string of the molecule is NC(=O)/C(=C/N1C=CN(c2cc(C(F)(F)F)cc(C(F)(F)F)c2)N1)c1ccc(F)nc1F. The van der Waals surface area contributed by atoms with Gasteiger partial charge in [0.05, 0.1) is 22.4 Å². The summed E-state index contributed by atoms with van der Waals surface area (Å²) < 4.78 is 105. The van der Waals surface area contributed by atoms with Crippen molar-refractivity contribution in [2.45, 2.75) is 12.4 Å². The number of amides is 1. The Kier molecular flexibility index (Phi) is 5.82. The molecule has 3 rings (SSSR count). The van der Waals surface area contributed by atoms with Gasteiger partial charge < -0.3 is 5.73 Å². The number of nitrogens with zero attached hydrogens (tertiary/aromatic N) is 3. The zero-order valence-corrected chi connectivity index (χ0v) is 15.5. The van der Waals surface area contributed by atoms with E-state index in [1.165, 1.54) is 0 Å². The average Bonchev–Trinajstić information content (AvgIpc) is 3.13. The van der Waals surface area contributed by atoms with E-state index in [0.717, 1.165) is 40.8 Å². The molecule has 0 unspecified atom stereocenters. The molecule has 0 saturated carbocycles. The molecular weight excluding hydrogens is 454 g/mol. The highest BCUT2D eigenvalue weighted by Crippen LogP contribution is 2.38. The number of hydrogen-bond donors (Lipinski definition) is 2. The van der Waals surface area contributed by atoms with Crippen LogP contribution in [0.5, 0.6) is 0 Å². The molecule has 14 heteroatoms. The molecule has 1 aliphatic heterocycles. The summed E-state index contributed by atoms with van der Waals surface area (Å²) in [4.78, 5) is 14.6. The molecule has 0 bridgehead atoms. The van der Waals surface area contributed by atoms with Gasteiger partial charge in [-0.1, -0.05) is 0 Å². The van der Waals surface area contributed by atoms with Crippen molar-refractivity contribution in [2.75, 3.05) is 5.01 Å². The van der Waals surface area contributed by atoms with E-state index in [1.807, 2.05) is 0 Å². The first kappa shape index (κ1) is 23.0. The summed E-state index contributed by atoms with van der Waals surface area (Å²) in [6, 6.07) is 2.55. The lowest BCUT2D eigenvalue weighted by atomic mass is 10.1. The number of nitrogens with two attached hydrogens (primary N) is 1. The van der Waals surface area contributed by atoms with Gasteiger partial charge in [-0.25, -0.2) is 0 Å². The first-order chi connectivity index (χ1) is 14.8. The van der Waals surface area contributed by atoms with Crippen LogP contribution in [-0.4, -0.2) is 15.9 Å². The van der Waals surface area contributed by atoms with Crippen LogP contribution in [0.4, 0.5) is 40.8 Å². The monoisotopic (exact) mass is 465 g/mol. The molecule has 0 atom stereocenters. The van der Waals surface area contributed by atoms with Gasteiger partial charge in [0.25, 0.3) is 5.91 Å². The van der Waals surface area contributed by atoms with Gasteiger partial charge in [0.2, 0.25) is 11.9 Å². The van der Waals surface area contributed by atoms with Crippen LogP contribution in [0, 0.1) is 11.9 Å². The van der Waals surface area contributed by atoms with Crippen molar-refractivity contribution in [2.24, 2.45) is 5.73 Å². The van der Waals surface area contributed by atoms with E-state index in [-0.39, 0.29) is 6.07 Å². The molecule has 170 valence electrons. The van der Waals surface area contributed by atoms with E-state index < -0.39 is 58.1 Å². The molecule has 1 aromatic carbocycles. The van der Waals surface area contributed by atoms with Gasteiger partial charge in [-0.2, -0.15) is 40.1 Å². The van der Waals surface area contributed by atoms with Crippen molar-refractivity contribution < 1.29 is 39.9 Å². The number of anilines is 1. The summed E-state index contributed by atoms with van der Waals surface area (Å²) in [5.41, 5.74) is 2.97. The molecule has 0 aliphatic carbocycles. The standard InChI is InChI=1S/C18H11F8N5O/c19-14-2-1-12(15(20)28-14)13(16(27)32)8-30-3-4-31(29-30)11-6-9(17(21,22)23)5-10(7-11)18(24,25)26/h1-8,29H,(H2,27,32)/b13-8+. The molecule has 2 heterocycles. The van der Waals surface area contributed by atoms with Crippen LogP contribution in [0.2, 0.25) is 0 Å². The quantitative estimate of drug-likeness (QED) is 0.407. The maximum atomic E-state index is 13.9. The van der Waals surface area contributed by atoms with E-state index in [2.05, 4.69) is 10.5 Å². The number of carbonyl (C=O) groups excluding carboxylic acids is 1. The minimum absolute atomic E-state index is 0.0313. The second kappa shape index (κ2) is 8.11. The van der Waals surface area contributed by atoms with E-state index >= 15 is 0 Å². The number of nitrogens with one attached hydrogen (secondary N) is 1. The zero-order valence-electron chi connectivity index (χ0n) is 15.5. The molecule has 6 nitrogen and oxygen atoms in total. The van der Waals surface area contributed by atoms with Crippen molar-refractivity contribution in [3.8, 4) is 0 Å². The molecule has 0 saturated heterocycles. The number of rotatable bonds is 4. The lowest BCUT2D eigenvalue weighted by Crippen LogP contribution is -2.37. The Morgan fingerprint density at radius 1 is 0.969 bits per heavy atom. The topological polar surface area (TPSA) is 74.5 Å². The molecule has 32 heavy (non-hydrogen) atoms. The molecule has 3 N–H and O–H groups in total.